The molecular weight excluding hydrogens is 382 g/mol. The number of aromatic nitrogens is 1. The zero-order valence-electron chi connectivity index (χ0n) is 16.7. The first-order valence-electron chi connectivity index (χ1n) is 9.33. The Hall–Kier alpha value is -3.93. The number of carboxylic acid groups (broad SMARTS) is 1. The van der Waals surface area contributed by atoms with E-state index in [1.165, 1.54) is 12.1 Å². The van der Waals surface area contributed by atoms with Gasteiger partial charge in [0.15, 0.2) is 0 Å². The van der Waals surface area contributed by atoms with Gasteiger partial charge in [0.25, 0.3) is 0 Å². The molecule has 0 saturated carbocycles. The van der Waals surface area contributed by atoms with Crippen LogP contribution in [0.2, 0.25) is 0 Å². The lowest BCUT2D eigenvalue weighted by Crippen LogP contribution is -2.13. The Morgan fingerprint density at radius 3 is 2.27 bits per heavy atom. The molecule has 1 N–H and O–H groups in total. The number of carbonyl (C=O) groups is 2. The zero-order valence-corrected chi connectivity index (χ0v) is 16.7. The highest BCUT2D eigenvalue weighted by molar-refractivity contribution is 6.15. The first kappa shape index (κ1) is 19.4. The fraction of sp³-hybridized carbons (Fsp3) is 0.125. The maximum atomic E-state index is 13.4. The number of carboxylic acids is 1. The number of pyridine rings is 1. The Kier molecular flexibility index (Phi) is 4.83. The number of fused-ring (bicyclic) bond motifs is 2. The number of hydrogen-bond acceptors (Lipinski definition) is 5. The molecule has 4 rings (SSSR count). The molecule has 0 bridgehead atoms. The van der Waals surface area contributed by atoms with Crippen molar-refractivity contribution in [3.05, 3.63) is 76.9 Å². The van der Waals surface area contributed by atoms with E-state index < -0.39 is 11.9 Å². The van der Waals surface area contributed by atoms with E-state index >= 15 is 0 Å². The second-order valence-electron chi connectivity index (χ2n) is 6.99. The molecule has 1 aromatic heterocycles. The highest BCUT2D eigenvalue weighted by Gasteiger charge is 2.21. The second kappa shape index (κ2) is 7.48. The van der Waals surface area contributed by atoms with Gasteiger partial charge in [-0.2, -0.15) is 0 Å². The third kappa shape index (κ3) is 3.22. The van der Waals surface area contributed by atoms with Gasteiger partial charge in [0, 0.05) is 10.8 Å². The molecule has 0 atom stereocenters. The number of aromatic carboxylic acids is 1. The minimum absolute atomic E-state index is 0.148. The average molecular weight is 401 g/mol. The van der Waals surface area contributed by atoms with Crippen LogP contribution in [0.1, 0.15) is 31.8 Å². The van der Waals surface area contributed by atoms with E-state index in [1.54, 1.807) is 39.2 Å². The molecule has 0 unspecified atom stereocenters. The molecule has 0 spiro atoms. The molecule has 150 valence electrons. The van der Waals surface area contributed by atoms with Crippen molar-refractivity contribution in [1.82, 2.24) is 4.98 Å². The molecule has 0 aliphatic heterocycles. The van der Waals surface area contributed by atoms with Crippen LogP contribution < -0.4 is 9.47 Å². The fourth-order valence-electron chi connectivity index (χ4n) is 3.65. The maximum Gasteiger partial charge on any atom is 0.344 e. The summed E-state index contributed by atoms with van der Waals surface area (Å²) in [7, 11) is 1.56. The number of rotatable bonds is 4. The molecule has 4 aromatic rings. The first-order valence-corrected chi connectivity index (χ1v) is 9.33. The smallest absolute Gasteiger partial charge is 0.344 e. The minimum Gasteiger partial charge on any atom is -0.494 e. The first-order chi connectivity index (χ1) is 14.4. The number of benzene rings is 3. The summed E-state index contributed by atoms with van der Waals surface area (Å²) in [6.45, 7) is 3.43. The highest BCUT2D eigenvalue weighted by atomic mass is 16.5. The van der Waals surface area contributed by atoms with Crippen LogP contribution >= 0.6 is 0 Å². The normalized spacial score (nSPS) is 10.9. The van der Waals surface area contributed by atoms with Gasteiger partial charge in [-0.1, -0.05) is 30.3 Å². The van der Waals surface area contributed by atoms with Gasteiger partial charge in [-0.3, -0.25) is 0 Å². The standard InChI is InChI=1S/C24H19NO5/c1-13-11-15(23(26)27)12-14(2)22(13)30-24(28)20-16-7-4-5-9-18(16)25-21-17(20)8-6-10-19(21)29-3/h4-12H,1-3H3,(H,26,27). The van der Waals surface area contributed by atoms with Crippen molar-refractivity contribution in [2.75, 3.05) is 7.11 Å². The number of aryl methyl sites for hydroxylation is 2. The van der Waals surface area contributed by atoms with Gasteiger partial charge in [-0.15, -0.1) is 0 Å². The van der Waals surface area contributed by atoms with E-state index in [-0.39, 0.29) is 5.56 Å². The van der Waals surface area contributed by atoms with Gasteiger partial charge in [-0.25, -0.2) is 14.6 Å². The lowest BCUT2D eigenvalue weighted by Gasteiger charge is -2.15. The van der Waals surface area contributed by atoms with Crippen molar-refractivity contribution in [1.29, 1.82) is 0 Å². The molecule has 0 aliphatic rings. The van der Waals surface area contributed by atoms with E-state index in [0.29, 0.717) is 50.0 Å². The maximum absolute atomic E-state index is 13.4. The Morgan fingerprint density at radius 2 is 1.60 bits per heavy atom. The summed E-state index contributed by atoms with van der Waals surface area (Å²) >= 11 is 0. The number of methoxy groups -OCH3 is 1. The Bertz CT molecular complexity index is 1300. The van der Waals surface area contributed by atoms with Gasteiger partial charge in [0.2, 0.25) is 0 Å². The van der Waals surface area contributed by atoms with E-state index in [2.05, 4.69) is 4.98 Å². The van der Waals surface area contributed by atoms with E-state index in [4.69, 9.17) is 9.47 Å². The molecule has 0 fully saturated rings. The lowest BCUT2D eigenvalue weighted by molar-refractivity contribution is 0.0696. The fourth-order valence-corrected chi connectivity index (χ4v) is 3.65. The zero-order chi connectivity index (χ0) is 21.4. The Balaban J connectivity index is 1.90. The summed E-state index contributed by atoms with van der Waals surface area (Å²) in [5.41, 5.74) is 2.89. The van der Waals surface area contributed by atoms with Crippen molar-refractivity contribution in [2.24, 2.45) is 0 Å². The quantitative estimate of drug-likeness (QED) is 0.296. The summed E-state index contributed by atoms with van der Waals surface area (Å²) in [6, 6.07) is 15.7. The molecule has 6 nitrogen and oxygen atoms in total. The van der Waals surface area contributed by atoms with Crippen molar-refractivity contribution in [3.63, 3.8) is 0 Å². The predicted octanol–water partition coefficient (Wildman–Crippen LogP) is 4.93. The Labute approximate surface area is 172 Å². The van der Waals surface area contributed by atoms with Crippen LogP contribution in [0.15, 0.2) is 54.6 Å². The van der Waals surface area contributed by atoms with Crippen molar-refractivity contribution < 1.29 is 24.2 Å². The molecular formula is C24H19NO5. The summed E-state index contributed by atoms with van der Waals surface area (Å²) in [6.07, 6.45) is 0. The van der Waals surface area contributed by atoms with Gasteiger partial charge < -0.3 is 14.6 Å². The molecule has 0 amide bonds. The molecule has 0 saturated heterocycles. The van der Waals surface area contributed by atoms with Crippen molar-refractivity contribution in [3.8, 4) is 11.5 Å². The molecule has 6 heteroatoms. The topological polar surface area (TPSA) is 85.7 Å². The van der Waals surface area contributed by atoms with Crippen LogP contribution in [-0.2, 0) is 0 Å². The van der Waals surface area contributed by atoms with Gasteiger partial charge in [0.05, 0.1) is 23.8 Å². The van der Waals surface area contributed by atoms with Crippen LogP contribution in [0.4, 0.5) is 0 Å². The van der Waals surface area contributed by atoms with Crippen LogP contribution in [0.25, 0.3) is 21.8 Å². The van der Waals surface area contributed by atoms with Crippen LogP contribution in [0.5, 0.6) is 11.5 Å². The summed E-state index contributed by atoms with van der Waals surface area (Å²) in [4.78, 5) is 29.3. The van der Waals surface area contributed by atoms with Gasteiger partial charge in [-0.05, 0) is 49.2 Å². The van der Waals surface area contributed by atoms with Gasteiger partial charge >= 0.3 is 11.9 Å². The van der Waals surface area contributed by atoms with Gasteiger partial charge in [0.1, 0.15) is 17.0 Å². The second-order valence-corrected chi connectivity index (χ2v) is 6.99. The van der Waals surface area contributed by atoms with E-state index in [0.717, 1.165) is 0 Å². The largest absolute Gasteiger partial charge is 0.494 e. The molecule has 0 aliphatic carbocycles. The molecule has 0 radical (unpaired) electrons. The third-order valence-electron chi connectivity index (χ3n) is 5.00. The highest BCUT2D eigenvalue weighted by Crippen LogP contribution is 2.33. The lowest BCUT2D eigenvalue weighted by atomic mass is 10.0. The summed E-state index contributed by atoms with van der Waals surface area (Å²) in [5, 5.41) is 10.5. The summed E-state index contributed by atoms with van der Waals surface area (Å²) < 4.78 is 11.2. The third-order valence-corrected chi connectivity index (χ3v) is 5.00. The van der Waals surface area contributed by atoms with Crippen LogP contribution in [0, 0.1) is 13.8 Å². The van der Waals surface area contributed by atoms with Crippen LogP contribution in [0.3, 0.4) is 0 Å². The number of hydrogen-bond donors (Lipinski definition) is 1. The van der Waals surface area contributed by atoms with Crippen molar-refractivity contribution in [2.45, 2.75) is 13.8 Å². The number of esters is 1. The van der Waals surface area contributed by atoms with Crippen molar-refractivity contribution >= 4 is 33.7 Å². The number of para-hydroxylation sites is 2. The van der Waals surface area contributed by atoms with E-state index in [1.807, 2.05) is 24.3 Å². The van der Waals surface area contributed by atoms with E-state index in [9.17, 15) is 14.7 Å². The molecule has 30 heavy (non-hydrogen) atoms. The minimum atomic E-state index is -1.03. The predicted molar refractivity (Wildman–Crippen MR) is 114 cm³/mol. The SMILES string of the molecule is COc1cccc2c(C(=O)Oc3c(C)cc(C(=O)O)cc3C)c3ccccc3nc12. The number of ether oxygens (including phenoxy) is 2. The molecule has 1 heterocycles. The number of nitrogens with zero attached hydrogens (tertiary/aromatic N) is 1. The molecule has 3 aromatic carbocycles. The monoisotopic (exact) mass is 401 g/mol. The number of carbonyl (C=O) groups excluding carboxylic acids is 1. The van der Waals surface area contributed by atoms with Crippen LogP contribution in [-0.4, -0.2) is 29.1 Å². The average Bonchev–Trinajstić information content (AvgIpc) is 2.73. The Morgan fingerprint density at radius 1 is 0.933 bits per heavy atom. The summed E-state index contributed by atoms with van der Waals surface area (Å²) in [5.74, 6) is -0.661.